The number of hydrogen-bond donors (Lipinski definition) is 1. The van der Waals surface area contributed by atoms with Gasteiger partial charge in [-0.05, 0) is 26.0 Å². The minimum Gasteiger partial charge on any atom is -0.381 e. The van der Waals surface area contributed by atoms with E-state index in [9.17, 15) is 0 Å². The molecule has 1 N–H and O–H groups in total. The Morgan fingerprint density at radius 2 is 2.07 bits per heavy atom. The molecule has 1 heterocycles. The predicted octanol–water partition coefficient (Wildman–Crippen LogP) is 2.29. The van der Waals surface area contributed by atoms with Gasteiger partial charge in [-0.2, -0.15) is 0 Å². The maximum atomic E-state index is 5.45. The Kier molecular flexibility index (Phi) is 3.39. The second kappa shape index (κ2) is 4.77. The van der Waals surface area contributed by atoms with Crippen LogP contribution in [0.2, 0.25) is 0 Å². The number of benzene rings is 1. The van der Waals surface area contributed by atoms with Crippen LogP contribution < -0.4 is 5.32 Å². The quantitative estimate of drug-likeness (QED) is 0.817. The highest BCUT2D eigenvalue weighted by atomic mass is 16.5. The molecule has 1 saturated heterocycles. The summed E-state index contributed by atoms with van der Waals surface area (Å²) in [4.78, 5) is 0. The van der Waals surface area contributed by atoms with Gasteiger partial charge in [0, 0.05) is 18.6 Å². The van der Waals surface area contributed by atoms with E-state index >= 15 is 0 Å². The number of aryl methyl sites for hydroxylation is 1. The Balaban J connectivity index is 2.14. The summed E-state index contributed by atoms with van der Waals surface area (Å²) in [6.07, 6.45) is 1.17. The van der Waals surface area contributed by atoms with Crippen LogP contribution >= 0.6 is 0 Å². The molecule has 82 valence electrons. The standard InChI is InChI=1S/C13H19NO/c1-10-3-5-11(6-4-10)13(14-2)12-7-8-15-9-12/h3-6,12-14H,7-9H2,1-2H3. The molecule has 1 aromatic carbocycles. The summed E-state index contributed by atoms with van der Waals surface area (Å²) in [6.45, 7) is 3.92. The van der Waals surface area contributed by atoms with Crippen LogP contribution in [0.3, 0.4) is 0 Å². The van der Waals surface area contributed by atoms with Crippen LogP contribution in [0.15, 0.2) is 24.3 Å². The van der Waals surface area contributed by atoms with Crippen molar-refractivity contribution in [2.45, 2.75) is 19.4 Å². The van der Waals surface area contributed by atoms with E-state index in [0.717, 1.165) is 13.2 Å². The molecule has 15 heavy (non-hydrogen) atoms. The van der Waals surface area contributed by atoms with E-state index in [4.69, 9.17) is 4.74 Å². The summed E-state index contributed by atoms with van der Waals surface area (Å²) in [7, 11) is 2.03. The Morgan fingerprint density at radius 1 is 1.33 bits per heavy atom. The fourth-order valence-electron chi connectivity index (χ4n) is 2.26. The van der Waals surface area contributed by atoms with E-state index in [1.165, 1.54) is 17.5 Å². The molecule has 0 spiro atoms. The first kappa shape index (κ1) is 10.7. The molecule has 0 radical (unpaired) electrons. The average molecular weight is 205 g/mol. The van der Waals surface area contributed by atoms with Gasteiger partial charge in [-0.25, -0.2) is 0 Å². The molecule has 2 unspecified atom stereocenters. The molecule has 2 heteroatoms. The van der Waals surface area contributed by atoms with Gasteiger partial charge in [-0.1, -0.05) is 29.8 Å². The summed E-state index contributed by atoms with van der Waals surface area (Å²) < 4.78 is 5.45. The van der Waals surface area contributed by atoms with Gasteiger partial charge >= 0.3 is 0 Å². The fourth-order valence-corrected chi connectivity index (χ4v) is 2.26. The van der Waals surface area contributed by atoms with E-state index < -0.39 is 0 Å². The summed E-state index contributed by atoms with van der Waals surface area (Å²) in [5.41, 5.74) is 2.69. The lowest BCUT2D eigenvalue weighted by atomic mass is 9.92. The number of nitrogens with one attached hydrogen (secondary N) is 1. The van der Waals surface area contributed by atoms with Gasteiger partial charge in [0.1, 0.15) is 0 Å². The van der Waals surface area contributed by atoms with Gasteiger partial charge in [0.2, 0.25) is 0 Å². The van der Waals surface area contributed by atoms with Crippen LogP contribution in [0, 0.1) is 12.8 Å². The van der Waals surface area contributed by atoms with E-state index in [-0.39, 0.29) is 0 Å². The molecule has 1 aliphatic rings. The summed E-state index contributed by atoms with van der Waals surface area (Å²) in [5.74, 6) is 0.623. The maximum Gasteiger partial charge on any atom is 0.0513 e. The largest absolute Gasteiger partial charge is 0.381 e. The van der Waals surface area contributed by atoms with Crippen molar-refractivity contribution in [2.24, 2.45) is 5.92 Å². The molecule has 0 saturated carbocycles. The fraction of sp³-hybridized carbons (Fsp3) is 0.538. The third-order valence-electron chi connectivity index (χ3n) is 3.18. The molecule has 0 aromatic heterocycles. The van der Waals surface area contributed by atoms with E-state index in [1.54, 1.807) is 0 Å². The lowest BCUT2D eigenvalue weighted by Gasteiger charge is -2.22. The van der Waals surface area contributed by atoms with Crippen molar-refractivity contribution in [2.75, 3.05) is 20.3 Å². The zero-order valence-corrected chi connectivity index (χ0v) is 9.49. The molecule has 0 bridgehead atoms. The third kappa shape index (κ3) is 2.39. The Hall–Kier alpha value is -0.860. The number of rotatable bonds is 3. The molecule has 2 atom stereocenters. The lowest BCUT2D eigenvalue weighted by molar-refractivity contribution is 0.178. The molecule has 0 amide bonds. The number of hydrogen-bond acceptors (Lipinski definition) is 2. The van der Waals surface area contributed by atoms with Crippen LogP contribution in [-0.2, 0) is 4.74 Å². The van der Waals surface area contributed by atoms with Gasteiger partial charge in [0.15, 0.2) is 0 Å². The lowest BCUT2D eigenvalue weighted by Crippen LogP contribution is -2.25. The van der Waals surface area contributed by atoms with Gasteiger partial charge < -0.3 is 10.1 Å². The minimum absolute atomic E-state index is 0.438. The smallest absolute Gasteiger partial charge is 0.0513 e. The van der Waals surface area contributed by atoms with Gasteiger partial charge in [0.05, 0.1) is 6.61 Å². The molecule has 0 aliphatic carbocycles. The van der Waals surface area contributed by atoms with E-state index in [0.29, 0.717) is 12.0 Å². The maximum absolute atomic E-state index is 5.45. The first-order valence-corrected chi connectivity index (χ1v) is 5.63. The predicted molar refractivity (Wildman–Crippen MR) is 61.9 cm³/mol. The van der Waals surface area contributed by atoms with Crippen molar-refractivity contribution >= 4 is 0 Å². The Morgan fingerprint density at radius 3 is 2.60 bits per heavy atom. The van der Waals surface area contributed by atoms with E-state index in [1.807, 2.05) is 7.05 Å². The van der Waals surface area contributed by atoms with Crippen molar-refractivity contribution in [1.82, 2.24) is 5.32 Å². The summed E-state index contributed by atoms with van der Waals surface area (Å²) in [6, 6.07) is 9.22. The van der Waals surface area contributed by atoms with Crippen molar-refractivity contribution in [1.29, 1.82) is 0 Å². The van der Waals surface area contributed by atoms with Gasteiger partial charge in [-0.3, -0.25) is 0 Å². The Bertz CT molecular complexity index is 301. The van der Waals surface area contributed by atoms with Gasteiger partial charge in [0.25, 0.3) is 0 Å². The minimum atomic E-state index is 0.438. The van der Waals surface area contributed by atoms with Crippen molar-refractivity contribution in [3.05, 3.63) is 35.4 Å². The second-order valence-electron chi connectivity index (χ2n) is 4.30. The average Bonchev–Trinajstić information content (AvgIpc) is 2.75. The van der Waals surface area contributed by atoms with Crippen LogP contribution in [-0.4, -0.2) is 20.3 Å². The molecular formula is C13H19NO. The van der Waals surface area contributed by atoms with Crippen molar-refractivity contribution in [3.63, 3.8) is 0 Å². The number of ether oxygens (including phenoxy) is 1. The second-order valence-corrected chi connectivity index (χ2v) is 4.30. The zero-order chi connectivity index (χ0) is 10.7. The zero-order valence-electron chi connectivity index (χ0n) is 9.49. The Labute approximate surface area is 91.6 Å². The highest BCUT2D eigenvalue weighted by Crippen LogP contribution is 2.28. The van der Waals surface area contributed by atoms with Crippen LogP contribution in [0.4, 0.5) is 0 Å². The van der Waals surface area contributed by atoms with Crippen molar-refractivity contribution < 1.29 is 4.74 Å². The molecule has 2 nitrogen and oxygen atoms in total. The van der Waals surface area contributed by atoms with Gasteiger partial charge in [-0.15, -0.1) is 0 Å². The summed E-state index contributed by atoms with van der Waals surface area (Å²) in [5, 5.41) is 3.40. The van der Waals surface area contributed by atoms with Crippen LogP contribution in [0.5, 0.6) is 0 Å². The topological polar surface area (TPSA) is 21.3 Å². The summed E-state index contributed by atoms with van der Waals surface area (Å²) >= 11 is 0. The normalized spacial score (nSPS) is 22.9. The van der Waals surface area contributed by atoms with Crippen LogP contribution in [0.1, 0.15) is 23.6 Å². The highest BCUT2D eigenvalue weighted by Gasteiger charge is 2.25. The van der Waals surface area contributed by atoms with Crippen molar-refractivity contribution in [3.8, 4) is 0 Å². The molecule has 2 rings (SSSR count). The van der Waals surface area contributed by atoms with Crippen LogP contribution in [0.25, 0.3) is 0 Å². The first-order chi connectivity index (χ1) is 7.31. The molecule has 1 fully saturated rings. The SMILES string of the molecule is CNC(c1ccc(C)cc1)C1CCOC1. The monoisotopic (exact) mass is 205 g/mol. The first-order valence-electron chi connectivity index (χ1n) is 5.63. The molecular weight excluding hydrogens is 186 g/mol. The molecule has 1 aromatic rings. The highest BCUT2D eigenvalue weighted by molar-refractivity contribution is 5.24. The van der Waals surface area contributed by atoms with E-state index in [2.05, 4.69) is 36.5 Å². The molecule has 1 aliphatic heterocycles. The third-order valence-corrected chi connectivity index (χ3v) is 3.18.